The van der Waals surface area contributed by atoms with Crippen molar-refractivity contribution >= 4 is 11.6 Å². The van der Waals surface area contributed by atoms with Gasteiger partial charge in [-0.25, -0.2) is 13.8 Å². The van der Waals surface area contributed by atoms with Gasteiger partial charge in [-0.3, -0.25) is 4.79 Å². The van der Waals surface area contributed by atoms with Crippen LogP contribution in [0.4, 0.5) is 8.78 Å². The Morgan fingerprint density at radius 1 is 1.29 bits per heavy atom. The number of aliphatic hydroxyl groups excluding tert-OH is 1. The number of β-amino-alcohol motifs (C(OH)–C–C–N with tert-alkyl or cyclic N) is 1. The molecule has 9 heteroatoms. The zero-order valence-electron chi connectivity index (χ0n) is 19.2. The number of methoxy groups -OCH3 is 1. The van der Waals surface area contributed by atoms with Gasteiger partial charge in [-0.2, -0.15) is 0 Å². The molecule has 0 radical (unpaired) electrons. The molecule has 3 atom stereocenters. The molecule has 1 amide bonds. The lowest BCUT2D eigenvalue weighted by atomic mass is 9.76. The molecule has 180 valence electrons. The molecule has 2 N–H and O–H groups in total. The van der Waals surface area contributed by atoms with E-state index in [1.807, 2.05) is 12.1 Å². The molecule has 34 heavy (non-hydrogen) atoms. The second-order valence-electron chi connectivity index (χ2n) is 9.24. The second-order valence-corrected chi connectivity index (χ2v) is 9.24. The molecule has 5 rings (SSSR count). The van der Waals surface area contributed by atoms with Crippen molar-refractivity contribution in [3.05, 3.63) is 70.7 Å². The summed E-state index contributed by atoms with van der Waals surface area (Å²) in [4.78, 5) is 19.3. The number of aliphatic hydroxyl groups is 1. The number of piperidine rings is 1. The fourth-order valence-corrected chi connectivity index (χ4v) is 5.11. The van der Waals surface area contributed by atoms with Crippen LogP contribution in [0.3, 0.4) is 0 Å². The lowest BCUT2D eigenvalue weighted by Crippen LogP contribution is -2.65. The Morgan fingerprint density at radius 2 is 2.06 bits per heavy atom. The lowest BCUT2D eigenvalue weighted by Gasteiger charge is -2.48. The number of halogens is 2. The smallest absolute Gasteiger partial charge is 0.274 e. The number of rotatable bonds is 4. The van der Waals surface area contributed by atoms with Gasteiger partial charge < -0.3 is 24.5 Å². The number of nitrogens with one attached hydrogen (secondary N) is 1. The van der Waals surface area contributed by atoms with Crippen LogP contribution in [0.25, 0.3) is 5.65 Å². The van der Waals surface area contributed by atoms with Crippen molar-refractivity contribution in [2.75, 3.05) is 20.2 Å². The van der Waals surface area contributed by atoms with Crippen LogP contribution in [-0.2, 0) is 17.7 Å². The molecule has 1 spiro atoms. The number of alkyl halides is 2. The van der Waals surface area contributed by atoms with Gasteiger partial charge in [-0.1, -0.05) is 24.3 Å². The molecule has 1 aromatic carbocycles. The largest absolute Gasteiger partial charge is 0.389 e. The van der Waals surface area contributed by atoms with Crippen molar-refractivity contribution in [3.8, 4) is 0 Å². The van der Waals surface area contributed by atoms with Crippen molar-refractivity contribution in [1.29, 1.82) is 0 Å². The second kappa shape index (κ2) is 8.72. The van der Waals surface area contributed by atoms with Crippen LogP contribution < -0.4 is 5.32 Å². The highest BCUT2D eigenvalue weighted by Gasteiger charge is 2.45. The third-order valence-corrected chi connectivity index (χ3v) is 7.26. The summed E-state index contributed by atoms with van der Waals surface area (Å²) in [5, 5.41) is 14.6. The number of benzene rings is 1. The number of imidazole rings is 1. The van der Waals surface area contributed by atoms with Gasteiger partial charge in [0.05, 0.1) is 17.7 Å². The average Bonchev–Trinajstić information content (AvgIpc) is 3.28. The van der Waals surface area contributed by atoms with Crippen molar-refractivity contribution in [3.63, 3.8) is 0 Å². The number of ether oxygens (including phenoxy) is 1. The monoisotopic (exact) mass is 470 g/mol. The number of amides is 1. The fourth-order valence-electron chi connectivity index (χ4n) is 5.11. The van der Waals surface area contributed by atoms with Gasteiger partial charge in [0.1, 0.15) is 11.3 Å². The summed E-state index contributed by atoms with van der Waals surface area (Å²) >= 11 is 0. The van der Waals surface area contributed by atoms with E-state index in [-0.39, 0.29) is 23.7 Å². The molecule has 2 aromatic heterocycles. The number of hydrogen-bond acceptors (Lipinski definition) is 5. The van der Waals surface area contributed by atoms with Gasteiger partial charge in [0, 0.05) is 50.3 Å². The minimum atomic E-state index is -2.66. The van der Waals surface area contributed by atoms with Gasteiger partial charge >= 0.3 is 0 Å². The fraction of sp³-hybridized carbons (Fsp3) is 0.440. The van der Waals surface area contributed by atoms with E-state index in [9.17, 15) is 18.7 Å². The summed E-state index contributed by atoms with van der Waals surface area (Å²) in [7, 11) is 1.49. The molecule has 0 aliphatic carbocycles. The summed E-state index contributed by atoms with van der Waals surface area (Å²) in [6.45, 7) is 3.06. The van der Waals surface area contributed by atoms with Gasteiger partial charge in [0.2, 0.25) is 0 Å². The minimum Gasteiger partial charge on any atom is -0.389 e. The van der Waals surface area contributed by atoms with Crippen molar-refractivity contribution < 1.29 is 23.4 Å². The maximum Gasteiger partial charge on any atom is 0.274 e. The molecule has 2 aliphatic rings. The van der Waals surface area contributed by atoms with E-state index in [0.717, 1.165) is 0 Å². The highest BCUT2D eigenvalue weighted by atomic mass is 19.3. The number of hydrogen-bond donors (Lipinski definition) is 2. The highest BCUT2D eigenvalue weighted by molar-refractivity contribution is 5.93. The summed E-state index contributed by atoms with van der Waals surface area (Å²) < 4.78 is 33.6. The van der Waals surface area contributed by atoms with E-state index in [1.54, 1.807) is 11.8 Å². The van der Waals surface area contributed by atoms with Gasteiger partial charge in [-0.15, -0.1) is 0 Å². The lowest BCUT2D eigenvalue weighted by molar-refractivity contribution is -0.0140. The minimum absolute atomic E-state index is 0.154. The van der Waals surface area contributed by atoms with Crippen LogP contribution in [0.2, 0.25) is 0 Å². The molecule has 1 unspecified atom stereocenters. The molecule has 2 aliphatic heterocycles. The van der Waals surface area contributed by atoms with E-state index >= 15 is 0 Å². The number of carbonyl (C=O) groups excluding carboxylic acids is 1. The molecular weight excluding hydrogens is 442 g/mol. The molecule has 4 heterocycles. The van der Waals surface area contributed by atoms with Crippen LogP contribution in [0, 0.1) is 0 Å². The molecular formula is C25H28F2N4O3. The number of fused-ring (bicyclic) bond motifs is 2. The van der Waals surface area contributed by atoms with E-state index in [2.05, 4.69) is 22.4 Å². The highest BCUT2D eigenvalue weighted by Crippen LogP contribution is 2.33. The van der Waals surface area contributed by atoms with Crippen LogP contribution in [0.15, 0.2) is 42.7 Å². The topological polar surface area (TPSA) is 79.1 Å². The average molecular weight is 471 g/mol. The number of pyridine rings is 1. The summed E-state index contributed by atoms with van der Waals surface area (Å²) in [6, 6.07) is 9.56. The third kappa shape index (κ3) is 3.87. The third-order valence-electron chi connectivity index (χ3n) is 7.26. The van der Waals surface area contributed by atoms with Crippen LogP contribution in [0.5, 0.6) is 0 Å². The van der Waals surface area contributed by atoms with Crippen LogP contribution in [0.1, 0.15) is 58.6 Å². The Kier molecular flexibility index (Phi) is 5.87. The summed E-state index contributed by atoms with van der Waals surface area (Å²) in [5.74, 6) is -0.330. The van der Waals surface area contributed by atoms with Crippen LogP contribution in [-0.4, -0.2) is 57.1 Å². The Balaban J connectivity index is 1.39. The number of nitrogens with zero attached hydrogens (tertiary/aromatic N) is 3. The van der Waals surface area contributed by atoms with Gasteiger partial charge in [0.15, 0.2) is 0 Å². The molecule has 3 aromatic rings. The predicted octanol–water partition coefficient (Wildman–Crippen LogP) is 3.27. The molecule has 1 saturated heterocycles. The number of likely N-dealkylation sites (tertiary alicyclic amines) is 1. The van der Waals surface area contributed by atoms with Gasteiger partial charge in [0.25, 0.3) is 12.3 Å². The maximum absolute atomic E-state index is 13.4. The maximum atomic E-state index is 13.4. The molecule has 1 fully saturated rings. The number of carbonyl (C=O) groups is 1. The normalized spacial score (nSPS) is 23.5. The predicted molar refractivity (Wildman–Crippen MR) is 122 cm³/mol. The van der Waals surface area contributed by atoms with Crippen molar-refractivity contribution in [2.45, 2.75) is 50.5 Å². The zero-order chi connectivity index (χ0) is 24.0. The Labute approximate surface area is 196 Å². The van der Waals surface area contributed by atoms with Crippen LogP contribution >= 0.6 is 0 Å². The van der Waals surface area contributed by atoms with E-state index in [0.29, 0.717) is 37.1 Å². The standard InChI is InChI=1S/C25H28F2N4O3/c1-15(34-2)19-9-18(22(26)27)12-31-13-20(29-23(19)31)24(33)30-8-7-25(21(32)14-30)10-16-5-3-4-6-17(16)11-28-25/h3-6,9,12-13,15,21-22,28,32H,7-8,10-11,14H2,1-2H3/t15?,21-,25+/m1/s1. The first-order valence-corrected chi connectivity index (χ1v) is 11.4. The van der Waals surface area contributed by atoms with Gasteiger partial charge in [-0.05, 0) is 37.0 Å². The Morgan fingerprint density at radius 3 is 2.76 bits per heavy atom. The molecule has 7 nitrogen and oxygen atoms in total. The summed E-state index contributed by atoms with van der Waals surface area (Å²) in [6.07, 6.45) is 0.197. The molecule has 0 bridgehead atoms. The van der Waals surface area contributed by atoms with E-state index < -0.39 is 24.2 Å². The first kappa shape index (κ1) is 22.9. The summed E-state index contributed by atoms with van der Waals surface area (Å²) in [5.41, 5.74) is 2.85. The Hall–Kier alpha value is -2.88. The quantitative estimate of drug-likeness (QED) is 0.612. The SMILES string of the molecule is COC(C)c1cc(C(F)F)cn2cc(C(=O)N3CC[C@]4(Cc5ccccc5CN4)[C@H](O)C3)nc12. The zero-order valence-corrected chi connectivity index (χ0v) is 19.2. The molecule has 0 saturated carbocycles. The first-order chi connectivity index (χ1) is 16.3. The first-order valence-electron chi connectivity index (χ1n) is 11.4. The van der Waals surface area contributed by atoms with E-state index in [4.69, 9.17) is 4.74 Å². The van der Waals surface area contributed by atoms with Crippen molar-refractivity contribution in [2.24, 2.45) is 0 Å². The van der Waals surface area contributed by atoms with E-state index in [1.165, 1.54) is 41.1 Å². The Bertz CT molecular complexity index is 1230. The number of aromatic nitrogens is 2. The van der Waals surface area contributed by atoms with Crippen molar-refractivity contribution in [1.82, 2.24) is 19.6 Å².